The molecule has 7 nitrogen and oxygen atoms in total. The molecule has 2 fully saturated rings. The fourth-order valence-electron chi connectivity index (χ4n) is 4.47. The lowest BCUT2D eigenvalue weighted by molar-refractivity contribution is 0.0766. The minimum atomic E-state index is 0.0230. The Bertz CT molecular complexity index is 1010. The summed E-state index contributed by atoms with van der Waals surface area (Å²) >= 11 is 0. The third-order valence-electron chi connectivity index (χ3n) is 6.08. The van der Waals surface area contributed by atoms with E-state index in [1.165, 1.54) is 0 Å². The number of nitrogens with one attached hydrogen (secondary N) is 1. The van der Waals surface area contributed by atoms with E-state index < -0.39 is 0 Å². The molecule has 1 aliphatic heterocycles. The van der Waals surface area contributed by atoms with Gasteiger partial charge in [-0.3, -0.25) is 14.5 Å². The number of fused-ring (bicyclic) bond motifs is 1. The SMILES string of the molecule is Cc1nnc(C2C3CN(C(=O)c4cc(C(C)C)[nH]n4)CC32)n1-c1ccccc1. The molecule has 1 N–H and O–H groups in total. The fraction of sp³-hybridized carbons (Fsp3) is 0.429. The zero-order chi connectivity index (χ0) is 19.4. The topological polar surface area (TPSA) is 79.7 Å². The van der Waals surface area contributed by atoms with E-state index in [0.29, 0.717) is 29.4 Å². The van der Waals surface area contributed by atoms with Gasteiger partial charge in [-0.1, -0.05) is 32.0 Å². The molecule has 0 bridgehead atoms. The van der Waals surface area contributed by atoms with Crippen LogP contribution in [0.4, 0.5) is 0 Å². The highest BCUT2D eigenvalue weighted by atomic mass is 16.2. The first-order valence-corrected chi connectivity index (χ1v) is 9.86. The Morgan fingerprint density at radius 2 is 1.86 bits per heavy atom. The molecule has 1 saturated heterocycles. The number of benzene rings is 1. The summed E-state index contributed by atoms with van der Waals surface area (Å²) in [5.74, 6) is 3.56. The second kappa shape index (κ2) is 6.29. The number of carbonyl (C=O) groups excluding carboxylic acids is 1. The Hall–Kier alpha value is -2.96. The van der Waals surface area contributed by atoms with Crippen LogP contribution in [0.3, 0.4) is 0 Å². The van der Waals surface area contributed by atoms with Gasteiger partial charge >= 0.3 is 0 Å². The highest BCUT2D eigenvalue weighted by molar-refractivity contribution is 5.92. The van der Waals surface area contributed by atoms with Gasteiger partial charge in [-0.25, -0.2) is 0 Å². The number of nitrogens with zero attached hydrogens (tertiary/aromatic N) is 5. The van der Waals surface area contributed by atoms with Crippen LogP contribution in [0.2, 0.25) is 0 Å². The molecule has 2 aliphatic rings. The third kappa shape index (κ3) is 2.65. The van der Waals surface area contributed by atoms with Crippen molar-refractivity contribution in [2.24, 2.45) is 11.8 Å². The van der Waals surface area contributed by atoms with Gasteiger partial charge < -0.3 is 4.90 Å². The van der Waals surface area contributed by atoms with Gasteiger partial charge in [-0.2, -0.15) is 5.10 Å². The summed E-state index contributed by atoms with van der Waals surface area (Å²) in [6.45, 7) is 7.68. The quantitative estimate of drug-likeness (QED) is 0.759. The van der Waals surface area contributed by atoms with Crippen LogP contribution in [-0.2, 0) is 0 Å². The van der Waals surface area contributed by atoms with Crippen LogP contribution >= 0.6 is 0 Å². The van der Waals surface area contributed by atoms with Gasteiger partial charge in [-0.05, 0) is 42.9 Å². The number of hydrogen-bond donors (Lipinski definition) is 1. The Balaban J connectivity index is 1.32. The first kappa shape index (κ1) is 17.2. The maximum Gasteiger partial charge on any atom is 0.274 e. The molecule has 0 radical (unpaired) electrons. The number of piperidine rings is 1. The third-order valence-corrected chi connectivity index (χ3v) is 6.08. The molecule has 1 saturated carbocycles. The Labute approximate surface area is 163 Å². The molecule has 2 unspecified atom stereocenters. The van der Waals surface area contributed by atoms with Gasteiger partial charge in [0.25, 0.3) is 5.91 Å². The van der Waals surface area contributed by atoms with E-state index >= 15 is 0 Å². The van der Waals surface area contributed by atoms with Crippen molar-refractivity contribution in [3.05, 3.63) is 59.4 Å². The van der Waals surface area contributed by atoms with E-state index in [9.17, 15) is 4.79 Å². The van der Waals surface area contributed by atoms with Gasteiger partial charge in [0.1, 0.15) is 17.3 Å². The molecule has 3 heterocycles. The number of amides is 1. The zero-order valence-electron chi connectivity index (χ0n) is 16.3. The lowest BCUT2D eigenvalue weighted by atomic mass is 10.1. The molecule has 2 aromatic heterocycles. The molecule has 1 amide bonds. The maximum absolute atomic E-state index is 12.8. The highest BCUT2D eigenvalue weighted by Gasteiger charge is 2.59. The highest BCUT2D eigenvalue weighted by Crippen LogP contribution is 2.58. The molecule has 144 valence electrons. The number of aromatic amines is 1. The first-order chi connectivity index (χ1) is 13.5. The van der Waals surface area contributed by atoms with E-state index in [-0.39, 0.29) is 5.91 Å². The number of carbonyl (C=O) groups is 1. The number of hydrogen-bond acceptors (Lipinski definition) is 4. The smallest absolute Gasteiger partial charge is 0.274 e. The van der Waals surface area contributed by atoms with Gasteiger partial charge in [0.05, 0.1) is 0 Å². The van der Waals surface area contributed by atoms with Crippen molar-refractivity contribution in [1.29, 1.82) is 0 Å². The molecule has 5 rings (SSSR count). The van der Waals surface area contributed by atoms with Crippen LogP contribution in [0.5, 0.6) is 0 Å². The van der Waals surface area contributed by atoms with Crippen molar-refractivity contribution in [2.45, 2.75) is 32.6 Å². The van der Waals surface area contributed by atoms with Crippen LogP contribution < -0.4 is 0 Å². The van der Waals surface area contributed by atoms with Gasteiger partial charge in [0.15, 0.2) is 0 Å². The Morgan fingerprint density at radius 1 is 1.14 bits per heavy atom. The predicted molar refractivity (Wildman–Crippen MR) is 104 cm³/mol. The van der Waals surface area contributed by atoms with Crippen LogP contribution in [0.25, 0.3) is 5.69 Å². The molecule has 0 spiro atoms. The van der Waals surface area contributed by atoms with Crippen LogP contribution in [0.15, 0.2) is 36.4 Å². The molecule has 1 aliphatic carbocycles. The van der Waals surface area contributed by atoms with E-state index in [0.717, 1.165) is 36.1 Å². The molecule has 28 heavy (non-hydrogen) atoms. The van der Waals surface area contributed by atoms with Crippen molar-refractivity contribution < 1.29 is 4.79 Å². The minimum absolute atomic E-state index is 0.0230. The lowest BCUT2D eigenvalue weighted by Crippen LogP contribution is -2.31. The summed E-state index contributed by atoms with van der Waals surface area (Å²) in [5, 5.41) is 16.0. The standard InChI is InChI=1S/C21H24N6O/c1-12(2)17-9-18(24-23-17)21(28)26-10-15-16(11-26)19(15)20-25-22-13(3)27(20)14-7-5-4-6-8-14/h4-9,12,15-16,19H,10-11H2,1-3H3,(H,23,24). The monoisotopic (exact) mass is 376 g/mol. The summed E-state index contributed by atoms with van der Waals surface area (Å²) in [6.07, 6.45) is 0. The Morgan fingerprint density at radius 3 is 2.50 bits per heavy atom. The number of aryl methyl sites for hydroxylation is 1. The number of para-hydroxylation sites is 1. The molecular formula is C21H24N6O. The summed E-state index contributed by atoms with van der Waals surface area (Å²) in [5.41, 5.74) is 2.61. The van der Waals surface area contributed by atoms with Crippen molar-refractivity contribution in [1.82, 2.24) is 29.9 Å². The summed E-state index contributed by atoms with van der Waals surface area (Å²) in [4.78, 5) is 14.7. The second-order valence-electron chi connectivity index (χ2n) is 8.20. The Kier molecular flexibility index (Phi) is 3.86. The van der Waals surface area contributed by atoms with Gasteiger partial charge in [0.2, 0.25) is 0 Å². The van der Waals surface area contributed by atoms with E-state index in [4.69, 9.17) is 0 Å². The maximum atomic E-state index is 12.8. The average Bonchev–Trinajstić information content (AvgIpc) is 3.16. The van der Waals surface area contributed by atoms with E-state index in [2.05, 4.69) is 50.9 Å². The van der Waals surface area contributed by atoms with Gasteiger partial charge in [0, 0.05) is 30.4 Å². The molecule has 2 atom stereocenters. The summed E-state index contributed by atoms with van der Waals surface area (Å²) in [6, 6.07) is 12.1. The van der Waals surface area contributed by atoms with E-state index in [1.807, 2.05) is 36.1 Å². The van der Waals surface area contributed by atoms with Crippen LogP contribution in [0, 0.1) is 18.8 Å². The van der Waals surface area contributed by atoms with E-state index in [1.54, 1.807) is 0 Å². The molecule has 7 heteroatoms. The molecule has 3 aromatic rings. The fourth-order valence-corrected chi connectivity index (χ4v) is 4.47. The van der Waals surface area contributed by atoms with Crippen molar-refractivity contribution in [3.63, 3.8) is 0 Å². The van der Waals surface area contributed by atoms with Crippen LogP contribution in [0.1, 0.15) is 53.5 Å². The predicted octanol–water partition coefficient (Wildman–Crippen LogP) is 2.91. The lowest BCUT2D eigenvalue weighted by Gasteiger charge is -2.19. The second-order valence-corrected chi connectivity index (χ2v) is 8.20. The summed E-state index contributed by atoms with van der Waals surface area (Å²) < 4.78 is 2.15. The molecule has 1 aromatic carbocycles. The number of H-pyrrole nitrogens is 1. The summed E-state index contributed by atoms with van der Waals surface area (Å²) in [7, 11) is 0. The normalized spacial score (nSPS) is 23.3. The average molecular weight is 376 g/mol. The minimum Gasteiger partial charge on any atom is -0.337 e. The largest absolute Gasteiger partial charge is 0.337 e. The first-order valence-electron chi connectivity index (χ1n) is 9.86. The van der Waals surface area contributed by atoms with Crippen molar-refractivity contribution >= 4 is 5.91 Å². The number of aromatic nitrogens is 5. The van der Waals surface area contributed by atoms with Crippen LogP contribution in [-0.4, -0.2) is 48.9 Å². The van der Waals surface area contributed by atoms with Crippen molar-refractivity contribution in [3.8, 4) is 5.69 Å². The molecular weight excluding hydrogens is 352 g/mol. The van der Waals surface area contributed by atoms with Gasteiger partial charge in [-0.15, -0.1) is 10.2 Å². The number of likely N-dealkylation sites (tertiary alicyclic amines) is 1. The zero-order valence-corrected chi connectivity index (χ0v) is 16.3. The van der Waals surface area contributed by atoms with Crippen molar-refractivity contribution in [2.75, 3.05) is 13.1 Å². The number of rotatable bonds is 4.